The molecule has 1 rings (SSSR count). The molecule has 0 radical (unpaired) electrons. The number of hydrogen-bond donors (Lipinski definition) is 1. The molecular formula is C9H18O4. The second kappa shape index (κ2) is 3.92. The van der Waals surface area contributed by atoms with Gasteiger partial charge in [0.05, 0.1) is 13.2 Å². The third kappa shape index (κ3) is 2.64. The van der Waals surface area contributed by atoms with Crippen LogP contribution >= 0.6 is 0 Å². The molecule has 4 nitrogen and oxygen atoms in total. The van der Waals surface area contributed by atoms with E-state index in [1.807, 2.05) is 13.8 Å². The molecule has 0 aromatic rings. The molecule has 0 unspecified atom stereocenters. The fourth-order valence-corrected chi connectivity index (χ4v) is 1.26. The van der Waals surface area contributed by atoms with E-state index in [9.17, 15) is 0 Å². The lowest BCUT2D eigenvalue weighted by Gasteiger charge is -2.42. The Morgan fingerprint density at radius 2 is 1.85 bits per heavy atom. The summed E-state index contributed by atoms with van der Waals surface area (Å²) in [7, 11) is 1.61. The van der Waals surface area contributed by atoms with Crippen LogP contribution in [0, 0.1) is 0 Å². The fourth-order valence-electron chi connectivity index (χ4n) is 1.26. The van der Waals surface area contributed by atoms with E-state index in [1.165, 1.54) is 0 Å². The Kier molecular flexibility index (Phi) is 3.29. The van der Waals surface area contributed by atoms with Gasteiger partial charge >= 0.3 is 0 Å². The van der Waals surface area contributed by atoms with Gasteiger partial charge in [-0.05, 0) is 13.8 Å². The average Bonchev–Trinajstić information content (AvgIpc) is 2.10. The molecule has 1 aliphatic heterocycles. The van der Waals surface area contributed by atoms with E-state index in [0.29, 0.717) is 19.6 Å². The fraction of sp³-hybridized carbons (Fsp3) is 1.00. The van der Waals surface area contributed by atoms with Crippen LogP contribution in [0.25, 0.3) is 0 Å². The Morgan fingerprint density at radius 3 is 2.23 bits per heavy atom. The zero-order valence-corrected chi connectivity index (χ0v) is 8.50. The Morgan fingerprint density at radius 1 is 1.31 bits per heavy atom. The van der Waals surface area contributed by atoms with Crippen molar-refractivity contribution in [2.24, 2.45) is 0 Å². The maximum absolute atomic E-state index is 8.85. The largest absolute Gasteiger partial charge is 0.396 e. The summed E-state index contributed by atoms with van der Waals surface area (Å²) in [6.45, 7) is 4.76. The van der Waals surface area contributed by atoms with Crippen molar-refractivity contribution in [1.29, 1.82) is 0 Å². The van der Waals surface area contributed by atoms with Crippen molar-refractivity contribution in [1.82, 2.24) is 0 Å². The number of aliphatic hydroxyl groups excluding tert-OH is 1. The van der Waals surface area contributed by atoms with Gasteiger partial charge in [0, 0.05) is 20.1 Å². The lowest BCUT2D eigenvalue weighted by molar-refractivity contribution is -0.308. The minimum absolute atomic E-state index is 0.0843. The van der Waals surface area contributed by atoms with Gasteiger partial charge in [0.1, 0.15) is 5.60 Å². The van der Waals surface area contributed by atoms with Gasteiger partial charge < -0.3 is 19.3 Å². The van der Waals surface area contributed by atoms with E-state index in [2.05, 4.69) is 0 Å². The zero-order chi connectivity index (χ0) is 9.95. The highest BCUT2D eigenvalue weighted by Gasteiger charge is 2.39. The molecular weight excluding hydrogens is 172 g/mol. The van der Waals surface area contributed by atoms with Gasteiger partial charge in [-0.25, -0.2) is 0 Å². The lowest BCUT2D eigenvalue weighted by Crippen LogP contribution is -2.52. The van der Waals surface area contributed by atoms with Crippen LogP contribution in [0.4, 0.5) is 0 Å². The molecule has 0 bridgehead atoms. The van der Waals surface area contributed by atoms with E-state index in [0.717, 1.165) is 0 Å². The minimum Gasteiger partial charge on any atom is -0.396 e. The summed E-state index contributed by atoms with van der Waals surface area (Å²) in [6.07, 6.45) is 0.541. The van der Waals surface area contributed by atoms with Gasteiger partial charge in [-0.2, -0.15) is 0 Å². The van der Waals surface area contributed by atoms with E-state index >= 15 is 0 Å². The first-order valence-corrected chi connectivity index (χ1v) is 4.47. The van der Waals surface area contributed by atoms with Crippen LogP contribution in [-0.2, 0) is 14.2 Å². The number of ether oxygens (including phenoxy) is 3. The molecule has 1 N–H and O–H groups in total. The Hall–Kier alpha value is -0.160. The van der Waals surface area contributed by atoms with Crippen molar-refractivity contribution in [2.75, 3.05) is 26.9 Å². The van der Waals surface area contributed by atoms with Gasteiger partial charge in [0.25, 0.3) is 0 Å². The van der Waals surface area contributed by atoms with Crippen molar-refractivity contribution in [3.63, 3.8) is 0 Å². The van der Waals surface area contributed by atoms with Crippen LogP contribution in [0.15, 0.2) is 0 Å². The summed E-state index contributed by atoms with van der Waals surface area (Å²) in [5.74, 6) is -0.530. The van der Waals surface area contributed by atoms with Crippen LogP contribution in [0.2, 0.25) is 0 Å². The predicted octanol–water partition coefficient (Wildman–Crippen LogP) is 0.537. The summed E-state index contributed by atoms with van der Waals surface area (Å²) in [6, 6.07) is 0. The monoisotopic (exact) mass is 190 g/mol. The van der Waals surface area contributed by atoms with Crippen LogP contribution in [0.3, 0.4) is 0 Å². The van der Waals surface area contributed by atoms with Gasteiger partial charge in [-0.15, -0.1) is 0 Å². The van der Waals surface area contributed by atoms with Crippen molar-refractivity contribution < 1.29 is 19.3 Å². The normalized spacial score (nSPS) is 25.8. The molecule has 1 heterocycles. The maximum atomic E-state index is 8.85. The summed E-state index contributed by atoms with van der Waals surface area (Å²) < 4.78 is 16.2. The molecule has 1 fully saturated rings. The summed E-state index contributed by atoms with van der Waals surface area (Å²) in [4.78, 5) is 0. The second-order valence-corrected chi connectivity index (χ2v) is 3.84. The number of methoxy groups -OCH3 is 1. The molecule has 0 aliphatic carbocycles. The summed E-state index contributed by atoms with van der Waals surface area (Å²) in [5.41, 5.74) is -0.468. The Bertz CT molecular complexity index is 157. The Labute approximate surface area is 78.8 Å². The van der Waals surface area contributed by atoms with Crippen molar-refractivity contribution in [3.8, 4) is 0 Å². The average molecular weight is 190 g/mol. The maximum Gasteiger partial charge on any atom is 0.163 e. The molecule has 0 spiro atoms. The summed E-state index contributed by atoms with van der Waals surface area (Å²) >= 11 is 0. The molecule has 0 saturated carbocycles. The molecule has 4 heteroatoms. The van der Waals surface area contributed by atoms with Crippen molar-refractivity contribution in [2.45, 2.75) is 31.7 Å². The highest BCUT2D eigenvalue weighted by atomic mass is 16.7. The standard InChI is InChI=1S/C9H18O4/c1-8(2)12-6-9(11-3,4-5-10)7-13-8/h10H,4-7H2,1-3H3. The lowest BCUT2D eigenvalue weighted by atomic mass is 10.0. The third-order valence-corrected chi connectivity index (χ3v) is 2.37. The molecule has 1 saturated heterocycles. The van der Waals surface area contributed by atoms with Crippen LogP contribution in [-0.4, -0.2) is 43.4 Å². The topological polar surface area (TPSA) is 47.9 Å². The molecule has 78 valence electrons. The number of hydrogen-bond acceptors (Lipinski definition) is 4. The Balaban J connectivity index is 2.52. The van der Waals surface area contributed by atoms with Crippen molar-refractivity contribution >= 4 is 0 Å². The van der Waals surface area contributed by atoms with E-state index in [4.69, 9.17) is 19.3 Å². The first-order valence-electron chi connectivity index (χ1n) is 4.47. The van der Waals surface area contributed by atoms with Crippen LogP contribution in [0.5, 0.6) is 0 Å². The first-order chi connectivity index (χ1) is 6.04. The van der Waals surface area contributed by atoms with E-state index in [-0.39, 0.29) is 6.61 Å². The zero-order valence-electron chi connectivity index (χ0n) is 8.50. The number of aliphatic hydroxyl groups is 1. The molecule has 0 amide bonds. The van der Waals surface area contributed by atoms with Gasteiger partial charge in [-0.1, -0.05) is 0 Å². The second-order valence-electron chi connectivity index (χ2n) is 3.84. The van der Waals surface area contributed by atoms with Crippen LogP contribution < -0.4 is 0 Å². The molecule has 0 aromatic carbocycles. The highest BCUT2D eigenvalue weighted by molar-refractivity contribution is 4.84. The third-order valence-electron chi connectivity index (χ3n) is 2.37. The predicted molar refractivity (Wildman–Crippen MR) is 47.4 cm³/mol. The highest BCUT2D eigenvalue weighted by Crippen LogP contribution is 2.27. The molecule has 0 aromatic heterocycles. The minimum atomic E-state index is -0.530. The van der Waals surface area contributed by atoms with Crippen molar-refractivity contribution in [3.05, 3.63) is 0 Å². The van der Waals surface area contributed by atoms with E-state index in [1.54, 1.807) is 7.11 Å². The van der Waals surface area contributed by atoms with E-state index < -0.39 is 11.4 Å². The summed E-state index contributed by atoms with van der Waals surface area (Å²) in [5, 5.41) is 8.85. The SMILES string of the molecule is COC1(CCO)COC(C)(C)OC1. The molecule has 1 aliphatic rings. The quantitative estimate of drug-likeness (QED) is 0.705. The first kappa shape index (κ1) is 10.9. The van der Waals surface area contributed by atoms with Crippen LogP contribution in [0.1, 0.15) is 20.3 Å². The smallest absolute Gasteiger partial charge is 0.163 e. The molecule has 0 atom stereocenters. The number of rotatable bonds is 3. The van der Waals surface area contributed by atoms with Gasteiger partial charge in [0.2, 0.25) is 0 Å². The molecule has 13 heavy (non-hydrogen) atoms. The van der Waals surface area contributed by atoms with Gasteiger partial charge in [0.15, 0.2) is 5.79 Å². The van der Waals surface area contributed by atoms with Gasteiger partial charge in [-0.3, -0.25) is 0 Å².